The third-order valence-electron chi connectivity index (χ3n) is 2.44. The summed E-state index contributed by atoms with van der Waals surface area (Å²) in [6.45, 7) is 1.46. The quantitative estimate of drug-likeness (QED) is 0.780. The van der Waals surface area contributed by atoms with Gasteiger partial charge in [-0.3, -0.25) is 9.59 Å². The zero-order valence-corrected chi connectivity index (χ0v) is 11.5. The van der Waals surface area contributed by atoms with Gasteiger partial charge in [0.1, 0.15) is 12.6 Å². The van der Waals surface area contributed by atoms with Gasteiger partial charge in [-0.25, -0.2) is 0 Å². The molecule has 0 saturated heterocycles. The smallest absolute Gasteiger partial charge is 0.374 e. The molecule has 0 aromatic heterocycles. The highest BCUT2D eigenvalue weighted by Gasteiger charge is 2.28. The van der Waals surface area contributed by atoms with E-state index in [0.717, 1.165) is 0 Å². The summed E-state index contributed by atoms with van der Waals surface area (Å²) in [6.07, 6.45) is -4.44. The minimum atomic E-state index is -4.44. The second kappa shape index (κ2) is 6.96. The van der Waals surface area contributed by atoms with E-state index in [4.69, 9.17) is 0 Å². The highest BCUT2D eigenvalue weighted by atomic mass is 19.4. The first-order valence-corrected chi connectivity index (χ1v) is 6.16. The summed E-state index contributed by atoms with van der Waals surface area (Å²) in [5.74, 6) is -0.964. The molecule has 8 heteroatoms. The Morgan fingerprint density at radius 1 is 1.14 bits per heavy atom. The van der Waals surface area contributed by atoms with E-state index in [9.17, 15) is 22.8 Å². The highest BCUT2D eigenvalue weighted by Crippen LogP contribution is 2.15. The van der Waals surface area contributed by atoms with Crippen molar-refractivity contribution in [3.8, 4) is 0 Å². The number of hydrogen-bond donors (Lipinski definition) is 3. The van der Waals surface area contributed by atoms with E-state index in [-0.39, 0.29) is 5.91 Å². The molecule has 0 saturated carbocycles. The Kier molecular flexibility index (Phi) is 5.57. The Morgan fingerprint density at radius 2 is 1.67 bits per heavy atom. The van der Waals surface area contributed by atoms with E-state index in [1.807, 2.05) is 0 Å². The minimum Gasteiger partial charge on any atom is -0.374 e. The molecule has 3 N–H and O–H groups in total. The molecule has 0 radical (unpaired) electrons. The van der Waals surface area contributed by atoms with Crippen molar-refractivity contribution in [1.29, 1.82) is 0 Å². The predicted octanol–water partition coefficient (Wildman–Crippen LogP) is 2.12. The summed E-state index contributed by atoms with van der Waals surface area (Å²) in [5, 5.41) is 7.14. The SMILES string of the molecule is CC(=O)Nc1ccc(NC(C)C(=O)NCC(F)(F)F)cc1. The van der Waals surface area contributed by atoms with E-state index in [1.54, 1.807) is 29.6 Å². The van der Waals surface area contributed by atoms with Gasteiger partial charge in [-0.2, -0.15) is 13.2 Å². The topological polar surface area (TPSA) is 70.2 Å². The molecule has 21 heavy (non-hydrogen) atoms. The zero-order chi connectivity index (χ0) is 16.0. The molecule has 1 unspecified atom stereocenters. The van der Waals surface area contributed by atoms with Gasteiger partial charge in [0.15, 0.2) is 0 Å². The van der Waals surface area contributed by atoms with Gasteiger partial charge in [0.25, 0.3) is 0 Å². The molecule has 5 nitrogen and oxygen atoms in total. The van der Waals surface area contributed by atoms with Crippen molar-refractivity contribution in [2.45, 2.75) is 26.1 Å². The van der Waals surface area contributed by atoms with Crippen LogP contribution in [0.1, 0.15) is 13.8 Å². The summed E-state index contributed by atoms with van der Waals surface area (Å²) in [5.41, 5.74) is 1.14. The summed E-state index contributed by atoms with van der Waals surface area (Å²) >= 11 is 0. The van der Waals surface area contributed by atoms with Crippen LogP contribution in [0.2, 0.25) is 0 Å². The molecule has 116 valence electrons. The Hall–Kier alpha value is -2.25. The number of halogens is 3. The fourth-order valence-electron chi connectivity index (χ4n) is 1.51. The largest absolute Gasteiger partial charge is 0.405 e. The molecule has 0 bridgehead atoms. The molecule has 1 atom stereocenters. The minimum absolute atomic E-state index is 0.212. The molecular formula is C13H16F3N3O2. The molecule has 2 amide bonds. The lowest BCUT2D eigenvalue weighted by atomic mass is 10.2. The first kappa shape index (κ1) is 16.8. The number of carbonyl (C=O) groups is 2. The molecule has 0 fully saturated rings. The van der Waals surface area contributed by atoms with Crippen LogP contribution in [0, 0.1) is 0 Å². The molecule has 1 aromatic carbocycles. The normalized spacial score (nSPS) is 12.4. The van der Waals surface area contributed by atoms with Gasteiger partial charge < -0.3 is 16.0 Å². The molecule has 1 aromatic rings. The van der Waals surface area contributed by atoms with Crippen LogP contribution >= 0.6 is 0 Å². The fraction of sp³-hybridized carbons (Fsp3) is 0.385. The van der Waals surface area contributed by atoms with E-state index < -0.39 is 24.7 Å². The first-order valence-electron chi connectivity index (χ1n) is 6.16. The lowest BCUT2D eigenvalue weighted by Crippen LogP contribution is -2.42. The second-order valence-electron chi connectivity index (χ2n) is 4.46. The number of amides is 2. The average Bonchev–Trinajstić information content (AvgIpc) is 2.36. The molecule has 0 aliphatic heterocycles. The Morgan fingerprint density at radius 3 is 2.14 bits per heavy atom. The van der Waals surface area contributed by atoms with E-state index in [1.165, 1.54) is 13.8 Å². The Balaban J connectivity index is 2.52. The van der Waals surface area contributed by atoms with Crippen molar-refractivity contribution in [2.24, 2.45) is 0 Å². The van der Waals surface area contributed by atoms with Crippen LogP contribution in [0.5, 0.6) is 0 Å². The maximum absolute atomic E-state index is 12.0. The van der Waals surface area contributed by atoms with Crippen LogP contribution in [-0.4, -0.2) is 30.6 Å². The Labute approximate surface area is 119 Å². The second-order valence-corrected chi connectivity index (χ2v) is 4.46. The number of nitrogens with one attached hydrogen (secondary N) is 3. The number of anilines is 2. The number of benzene rings is 1. The molecule has 0 heterocycles. The average molecular weight is 303 g/mol. The maximum Gasteiger partial charge on any atom is 0.405 e. The van der Waals surface area contributed by atoms with E-state index >= 15 is 0 Å². The van der Waals surface area contributed by atoms with Gasteiger partial charge in [0.2, 0.25) is 11.8 Å². The lowest BCUT2D eigenvalue weighted by molar-refractivity contribution is -0.138. The molecule has 0 aliphatic carbocycles. The van der Waals surface area contributed by atoms with Crippen molar-refractivity contribution in [3.05, 3.63) is 24.3 Å². The first-order chi connectivity index (χ1) is 9.67. The molecule has 1 rings (SSSR count). The molecule has 0 aliphatic rings. The molecular weight excluding hydrogens is 287 g/mol. The number of carbonyl (C=O) groups excluding carboxylic acids is 2. The van der Waals surface area contributed by atoms with Crippen molar-refractivity contribution < 1.29 is 22.8 Å². The van der Waals surface area contributed by atoms with E-state index in [0.29, 0.717) is 11.4 Å². The third kappa shape index (κ3) is 6.64. The van der Waals surface area contributed by atoms with Gasteiger partial charge in [0.05, 0.1) is 0 Å². The van der Waals surface area contributed by atoms with Gasteiger partial charge in [0, 0.05) is 18.3 Å². The van der Waals surface area contributed by atoms with Gasteiger partial charge in [-0.1, -0.05) is 0 Å². The van der Waals surface area contributed by atoms with Crippen LogP contribution in [0.4, 0.5) is 24.5 Å². The van der Waals surface area contributed by atoms with Crippen molar-refractivity contribution in [2.75, 3.05) is 17.2 Å². The van der Waals surface area contributed by atoms with Crippen LogP contribution in [0.25, 0.3) is 0 Å². The van der Waals surface area contributed by atoms with Gasteiger partial charge in [-0.05, 0) is 31.2 Å². The van der Waals surface area contributed by atoms with Crippen molar-refractivity contribution in [3.63, 3.8) is 0 Å². The van der Waals surface area contributed by atoms with Gasteiger partial charge in [-0.15, -0.1) is 0 Å². The summed E-state index contributed by atoms with van der Waals surface area (Å²) in [4.78, 5) is 22.3. The van der Waals surface area contributed by atoms with Crippen molar-refractivity contribution >= 4 is 23.2 Å². The lowest BCUT2D eigenvalue weighted by Gasteiger charge is -2.16. The monoisotopic (exact) mass is 303 g/mol. The molecule has 0 spiro atoms. The van der Waals surface area contributed by atoms with Crippen LogP contribution in [0.15, 0.2) is 24.3 Å². The van der Waals surface area contributed by atoms with Crippen LogP contribution in [-0.2, 0) is 9.59 Å². The van der Waals surface area contributed by atoms with Crippen LogP contribution < -0.4 is 16.0 Å². The summed E-state index contributed by atoms with van der Waals surface area (Å²) in [6, 6.07) is 5.63. The third-order valence-corrected chi connectivity index (χ3v) is 2.44. The fourth-order valence-corrected chi connectivity index (χ4v) is 1.51. The number of hydrogen-bond acceptors (Lipinski definition) is 3. The highest BCUT2D eigenvalue weighted by molar-refractivity contribution is 5.89. The van der Waals surface area contributed by atoms with Crippen molar-refractivity contribution in [1.82, 2.24) is 5.32 Å². The van der Waals surface area contributed by atoms with Gasteiger partial charge >= 0.3 is 6.18 Å². The summed E-state index contributed by atoms with van der Waals surface area (Å²) < 4.78 is 36.0. The maximum atomic E-state index is 12.0. The zero-order valence-electron chi connectivity index (χ0n) is 11.5. The Bertz CT molecular complexity index is 500. The predicted molar refractivity (Wildman–Crippen MR) is 72.9 cm³/mol. The number of alkyl halides is 3. The number of rotatable bonds is 5. The summed E-state index contributed by atoms with van der Waals surface area (Å²) in [7, 11) is 0. The van der Waals surface area contributed by atoms with Crippen LogP contribution in [0.3, 0.4) is 0 Å². The van der Waals surface area contributed by atoms with E-state index in [2.05, 4.69) is 10.6 Å². The standard InChI is InChI=1S/C13H16F3N3O2/c1-8(12(21)17-7-13(14,15)16)18-10-3-5-11(6-4-10)19-9(2)20/h3-6,8,18H,7H2,1-2H3,(H,17,21)(H,19,20).